The quantitative estimate of drug-likeness (QED) is 0.885. The minimum absolute atomic E-state index is 0.429. The predicted molar refractivity (Wildman–Crippen MR) is 72.1 cm³/mol. The van der Waals surface area contributed by atoms with Gasteiger partial charge in [-0.15, -0.1) is 0 Å². The molecule has 2 atom stereocenters. The highest BCUT2D eigenvalue weighted by Gasteiger charge is 2.30. The fourth-order valence-electron chi connectivity index (χ4n) is 2.76. The van der Waals surface area contributed by atoms with E-state index in [1.54, 1.807) is 14.2 Å². The standard InChI is InChI=1S/C14H22N2O2/c1-16-11(9-15)5-6-12(16)10-4-7-13(17-2)14(8-10)18-3/h4,7-8,11-12H,5-6,9,15H2,1-3H3. The summed E-state index contributed by atoms with van der Waals surface area (Å²) >= 11 is 0. The molecule has 2 rings (SSSR count). The molecule has 1 aliphatic heterocycles. The Morgan fingerprint density at radius 3 is 2.50 bits per heavy atom. The van der Waals surface area contributed by atoms with Gasteiger partial charge in [0.25, 0.3) is 0 Å². The van der Waals surface area contributed by atoms with Gasteiger partial charge in [0.05, 0.1) is 14.2 Å². The van der Waals surface area contributed by atoms with Crippen LogP contribution in [0.4, 0.5) is 0 Å². The zero-order chi connectivity index (χ0) is 13.1. The summed E-state index contributed by atoms with van der Waals surface area (Å²) in [6, 6.07) is 7.07. The molecule has 4 heteroatoms. The van der Waals surface area contributed by atoms with Crippen molar-refractivity contribution in [3.8, 4) is 11.5 Å². The fraction of sp³-hybridized carbons (Fsp3) is 0.571. The first-order chi connectivity index (χ1) is 8.71. The molecule has 1 saturated heterocycles. The van der Waals surface area contributed by atoms with Gasteiger partial charge in [0.2, 0.25) is 0 Å². The summed E-state index contributed by atoms with van der Waals surface area (Å²) < 4.78 is 10.6. The highest BCUT2D eigenvalue weighted by Crippen LogP contribution is 2.38. The molecule has 1 aliphatic rings. The molecule has 2 unspecified atom stereocenters. The summed E-state index contributed by atoms with van der Waals surface area (Å²) in [6.07, 6.45) is 2.31. The third-order valence-corrected chi connectivity index (χ3v) is 3.91. The summed E-state index contributed by atoms with van der Waals surface area (Å²) in [7, 11) is 5.47. The number of hydrogen-bond acceptors (Lipinski definition) is 4. The molecule has 1 heterocycles. The second kappa shape index (κ2) is 5.59. The van der Waals surface area contributed by atoms with E-state index in [1.165, 1.54) is 5.56 Å². The summed E-state index contributed by atoms with van der Waals surface area (Å²) in [5.41, 5.74) is 7.05. The van der Waals surface area contributed by atoms with Crippen LogP contribution in [-0.2, 0) is 0 Å². The molecule has 1 aromatic rings. The molecule has 18 heavy (non-hydrogen) atoms. The lowest BCUT2D eigenvalue weighted by atomic mass is 10.0. The molecule has 1 aromatic carbocycles. The Morgan fingerprint density at radius 2 is 1.94 bits per heavy atom. The molecule has 0 bridgehead atoms. The van der Waals surface area contributed by atoms with Gasteiger partial charge in [0.1, 0.15) is 0 Å². The zero-order valence-electron chi connectivity index (χ0n) is 11.3. The third-order valence-electron chi connectivity index (χ3n) is 3.91. The molecule has 0 aromatic heterocycles. The second-order valence-electron chi connectivity index (χ2n) is 4.76. The highest BCUT2D eigenvalue weighted by atomic mass is 16.5. The smallest absolute Gasteiger partial charge is 0.161 e. The third kappa shape index (κ3) is 2.31. The van der Waals surface area contributed by atoms with E-state index in [0.717, 1.165) is 30.9 Å². The minimum Gasteiger partial charge on any atom is -0.493 e. The van der Waals surface area contributed by atoms with Gasteiger partial charge in [-0.3, -0.25) is 4.90 Å². The first-order valence-corrected chi connectivity index (χ1v) is 6.35. The molecule has 0 aliphatic carbocycles. The lowest BCUT2D eigenvalue weighted by molar-refractivity contribution is 0.247. The van der Waals surface area contributed by atoms with Crippen molar-refractivity contribution in [3.63, 3.8) is 0 Å². The van der Waals surface area contributed by atoms with Crippen LogP contribution in [0.3, 0.4) is 0 Å². The van der Waals surface area contributed by atoms with Crippen LogP contribution in [0.2, 0.25) is 0 Å². The van der Waals surface area contributed by atoms with E-state index in [-0.39, 0.29) is 0 Å². The average Bonchev–Trinajstić information content (AvgIpc) is 2.79. The monoisotopic (exact) mass is 250 g/mol. The molecule has 0 saturated carbocycles. The lowest BCUT2D eigenvalue weighted by Gasteiger charge is -2.25. The van der Waals surface area contributed by atoms with Crippen molar-refractivity contribution >= 4 is 0 Å². The zero-order valence-corrected chi connectivity index (χ0v) is 11.3. The van der Waals surface area contributed by atoms with Crippen LogP contribution >= 0.6 is 0 Å². The van der Waals surface area contributed by atoms with Crippen LogP contribution in [0.5, 0.6) is 11.5 Å². The van der Waals surface area contributed by atoms with Crippen LogP contribution in [0.25, 0.3) is 0 Å². The fourth-order valence-corrected chi connectivity index (χ4v) is 2.76. The number of nitrogens with two attached hydrogens (primary N) is 1. The van der Waals surface area contributed by atoms with Crippen LogP contribution < -0.4 is 15.2 Å². The largest absolute Gasteiger partial charge is 0.493 e. The van der Waals surface area contributed by atoms with E-state index in [0.29, 0.717) is 12.1 Å². The van der Waals surface area contributed by atoms with Crippen molar-refractivity contribution in [1.29, 1.82) is 0 Å². The van der Waals surface area contributed by atoms with Gasteiger partial charge in [-0.2, -0.15) is 0 Å². The van der Waals surface area contributed by atoms with Crippen LogP contribution in [0, 0.1) is 0 Å². The Balaban J connectivity index is 2.24. The van der Waals surface area contributed by atoms with Crippen LogP contribution in [0.1, 0.15) is 24.4 Å². The van der Waals surface area contributed by atoms with Gasteiger partial charge in [0.15, 0.2) is 11.5 Å². The van der Waals surface area contributed by atoms with E-state index in [9.17, 15) is 0 Å². The molecule has 1 fully saturated rings. The highest BCUT2D eigenvalue weighted by molar-refractivity contribution is 5.44. The Bertz CT molecular complexity index is 409. The summed E-state index contributed by atoms with van der Waals surface area (Å²) in [5.74, 6) is 1.57. The predicted octanol–water partition coefficient (Wildman–Crippen LogP) is 1.80. The number of nitrogens with zero attached hydrogens (tertiary/aromatic N) is 1. The summed E-state index contributed by atoms with van der Waals surface area (Å²) in [6.45, 7) is 0.723. The number of likely N-dealkylation sites (N-methyl/N-ethyl adjacent to an activating group) is 1. The van der Waals surface area contributed by atoms with Crippen molar-refractivity contribution in [1.82, 2.24) is 4.90 Å². The molecule has 0 amide bonds. The molecule has 0 radical (unpaired) electrons. The maximum atomic E-state index is 5.78. The van der Waals surface area contributed by atoms with Crippen LogP contribution in [-0.4, -0.2) is 38.8 Å². The van der Waals surface area contributed by atoms with Crippen molar-refractivity contribution < 1.29 is 9.47 Å². The molecule has 4 nitrogen and oxygen atoms in total. The topological polar surface area (TPSA) is 47.7 Å². The van der Waals surface area contributed by atoms with Crippen molar-refractivity contribution in [2.75, 3.05) is 27.8 Å². The number of hydrogen-bond donors (Lipinski definition) is 1. The van der Waals surface area contributed by atoms with Crippen molar-refractivity contribution in [2.24, 2.45) is 5.73 Å². The first kappa shape index (κ1) is 13.2. The normalized spacial score (nSPS) is 24.2. The Hall–Kier alpha value is -1.26. The SMILES string of the molecule is COc1ccc(C2CCC(CN)N2C)cc1OC. The van der Waals surface area contributed by atoms with Gasteiger partial charge in [-0.25, -0.2) is 0 Å². The maximum absolute atomic E-state index is 5.78. The Morgan fingerprint density at radius 1 is 1.22 bits per heavy atom. The molecular weight excluding hydrogens is 228 g/mol. The van der Waals surface area contributed by atoms with Crippen LogP contribution in [0.15, 0.2) is 18.2 Å². The van der Waals surface area contributed by atoms with E-state index in [2.05, 4.69) is 24.1 Å². The van der Waals surface area contributed by atoms with E-state index >= 15 is 0 Å². The van der Waals surface area contributed by atoms with Gasteiger partial charge < -0.3 is 15.2 Å². The summed E-state index contributed by atoms with van der Waals surface area (Å²) in [4.78, 5) is 2.36. The van der Waals surface area contributed by atoms with Crippen molar-refractivity contribution in [2.45, 2.75) is 24.9 Å². The van der Waals surface area contributed by atoms with Gasteiger partial charge in [-0.05, 0) is 37.6 Å². The number of methoxy groups -OCH3 is 2. The lowest BCUT2D eigenvalue weighted by Crippen LogP contribution is -2.33. The first-order valence-electron chi connectivity index (χ1n) is 6.35. The van der Waals surface area contributed by atoms with Gasteiger partial charge in [0, 0.05) is 18.6 Å². The van der Waals surface area contributed by atoms with E-state index in [4.69, 9.17) is 15.2 Å². The minimum atomic E-state index is 0.429. The molecule has 2 N–H and O–H groups in total. The number of ether oxygens (including phenoxy) is 2. The Kier molecular flexibility index (Phi) is 4.09. The van der Waals surface area contributed by atoms with E-state index < -0.39 is 0 Å². The van der Waals surface area contributed by atoms with E-state index in [1.807, 2.05) is 6.07 Å². The number of likely N-dealkylation sites (tertiary alicyclic amines) is 1. The van der Waals surface area contributed by atoms with Gasteiger partial charge in [-0.1, -0.05) is 6.07 Å². The number of benzene rings is 1. The molecule has 0 spiro atoms. The maximum Gasteiger partial charge on any atom is 0.161 e. The molecule has 100 valence electrons. The summed E-state index contributed by atoms with van der Waals surface area (Å²) in [5, 5.41) is 0. The Labute approximate surface area is 109 Å². The van der Waals surface area contributed by atoms with Crippen molar-refractivity contribution in [3.05, 3.63) is 23.8 Å². The van der Waals surface area contributed by atoms with Gasteiger partial charge >= 0.3 is 0 Å². The number of rotatable bonds is 4. The second-order valence-corrected chi connectivity index (χ2v) is 4.76. The average molecular weight is 250 g/mol. The molecular formula is C14H22N2O2.